The Balaban J connectivity index is 0.00000142. The van der Waals surface area contributed by atoms with Crippen molar-refractivity contribution in [1.29, 1.82) is 0 Å². The van der Waals surface area contributed by atoms with Crippen molar-refractivity contribution in [2.24, 2.45) is 5.92 Å². The summed E-state index contributed by atoms with van der Waals surface area (Å²) in [6.45, 7) is 50.7. The number of amides is 3. The molecule has 3 heterocycles. The Labute approximate surface area is 783 Å². The average molecular weight is 1860 g/mol. The summed E-state index contributed by atoms with van der Waals surface area (Å²) < 4.78 is 92.7. The van der Waals surface area contributed by atoms with E-state index in [0.717, 1.165) is 135 Å². The summed E-state index contributed by atoms with van der Waals surface area (Å²) in [4.78, 5) is 57.0. The molecule has 0 atom stereocenters. The van der Waals surface area contributed by atoms with Gasteiger partial charge in [-0.1, -0.05) is 219 Å². The lowest BCUT2D eigenvalue weighted by molar-refractivity contribution is 0.0127. The van der Waals surface area contributed by atoms with E-state index in [1.165, 1.54) is 72.1 Å². The van der Waals surface area contributed by atoms with Gasteiger partial charge in [-0.15, -0.1) is 0 Å². The Morgan fingerprint density at radius 2 is 0.938 bits per heavy atom. The highest BCUT2D eigenvalue weighted by Gasteiger charge is 2.26. The van der Waals surface area contributed by atoms with Gasteiger partial charge in [0.15, 0.2) is 5.78 Å². The second kappa shape index (κ2) is 64.6. The molecule has 1 aliphatic heterocycles. The molecule has 17 nitrogen and oxygen atoms in total. The first kappa shape index (κ1) is 120. The van der Waals surface area contributed by atoms with Crippen molar-refractivity contribution in [2.75, 3.05) is 62.5 Å². The molecule has 3 amide bonds. The molecule has 1 aliphatic rings. The van der Waals surface area contributed by atoms with Gasteiger partial charge in [0.2, 0.25) is 20.0 Å². The molecule has 7 aromatic carbocycles. The van der Waals surface area contributed by atoms with Crippen LogP contribution in [0.15, 0.2) is 210 Å². The van der Waals surface area contributed by atoms with Crippen LogP contribution >= 0.6 is 11.6 Å². The Kier molecular flexibility index (Phi) is 60.0. The average Bonchev–Trinajstić information content (AvgIpc) is 1.64. The molecule has 129 heavy (non-hydrogen) atoms. The molecule has 1 fully saturated rings. The Hall–Kier alpha value is -9.16. The van der Waals surface area contributed by atoms with Crippen LogP contribution < -0.4 is 14.8 Å². The number of anilines is 1. The summed E-state index contributed by atoms with van der Waals surface area (Å²) in [5, 5.41) is 3.30. The minimum absolute atomic E-state index is 0. The monoisotopic (exact) mass is 1860 g/mol. The third-order valence-corrected chi connectivity index (χ3v) is 25.7. The number of aryl methyl sites for hydroxylation is 10. The fourth-order valence-corrected chi connectivity index (χ4v) is 14.9. The summed E-state index contributed by atoms with van der Waals surface area (Å²) in [6.07, 6.45) is 13.8. The van der Waals surface area contributed by atoms with Gasteiger partial charge in [0, 0.05) is 109 Å². The van der Waals surface area contributed by atoms with Crippen LogP contribution in [-0.4, -0.2) is 145 Å². The van der Waals surface area contributed by atoms with Crippen molar-refractivity contribution in [3.63, 3.8) is 0 Å². The maximum atomic E-state index is 12.6. The summed E-state index contributed by atoms with van der Waals surface area (Å²) in [5.74, 6) is 4.82. The van der Waals surface area contributed by atoms with E-state index in [9.17, 15) is 49.0 Å². The van der Waals surface area contributed by atoms with E-state index in [2.05, 4.69) is 147 Å². The minimum atomic E-state index is -3.27. The molecule has 0 radical (unpaired) electrons. The SMILES string of the molecule is C.C=S1(=O)CCN(C(=O)c2ccc(CC)cc2)CC1.CCCN(C(C)C)C(C)C.CCCN(CC)C(=O)c1ccc(CC)cc1.CCCc1ccc(Cl)cc1.CCc1ccc(C(=O)NCC(C)C)cc1.CCc1ccc(C(C)(F)F)nc1.CCc1ccc(C(C)=O)cc1.CCc1ccc(C)o1.CCc1ccc(NS(=O)(=O)C(C)C)cc1.CCc1ccc(S(=O)(=O)NC)cc1. The first-order valence-corrected chi connectivity index (χ1v) is 51.0. The van der Waals surface area contributed by atoms with Crippen molar-refractivity contribution in [3.8, 4) is 0 Å². The Morgan fingerprint density at radius 3 is 1.26 bits per heavy atom. The molecule has 0 bridgehead atoms. The van der Waals surface area contributed by atoms with Gasteiger partial charge in [-0.3, -0.25) is 38.0 Å². The van der Waals surface area contributed by atoms with Crippen molar-refractivity contribution in [1.82, 2.24) is 29.7 Å². The number of alkyl halides is 2. The number of Topliss-reactive ketones (excluding diaryl/α,β-unsaturated/α-hetero) is 1. The molecule has 3 N–H and O–H groups in total. The first-order valence-electron chi connectivity index (χ1n) is 45.5. The molecule has 9 aromatic rings. The van der Waals surface area contributed by atoms with Crippen LogP contribution in [-0.2, 0) is 93.3 Å². The number of carbonyl (C=O) groups excluding carboxylic acids is 4. The summed E-state index contributed by atoms with van der Waals surface area (Å²) >= 11 is 5.71. The highest BCUT2D eigenvalue weighted by Crippen LogP contribution is 2.25. The summed E-state index contributed by atoms with van der Waals surface area (Å²) in [7, 11) is -7.02. The Morgan fingerprint density at radius 1 is 0.535 bits per heavy atom. The van der Waals surface area contributed by atoms with Crippen LogP contribution in [0.3, 0.4) is 0 Å². The number of furan rings is 1. The van der Waals surface area contributed by atoms with E-state index in [1.807, 2.05) is 178 Å². The van der Waals surface area contributed by atoms with Gasteiger partial charge in [0.25, 0.3) is 23.6 Å². The lowest BCUT2D eigenvalue weighted by atomic mass is 10.1. The zero-order chi connectivity index (χ0) is 96.8. The number of hydrogen-bond acceptors (Lipinski definition) is 12. The topological polar surface area (TPSA) is 225 Å². The fraction of sp³-hybridized carbons (Fsp3) is 0.472. The van der Waals surface area contributed by atoms with Crippen molar-refractivity contribution >= 4 is 76.2 Å². The van der Waals surface area contributed by atoms with E-state index in [-0.39, 0.29) is 36.6 Å². The molecule has 0 aliphatic carbocycles. The molecule has 10 rings (SSSR count). The number of hydrogen-bond donors (Lipinski definition) is 3. The van der Waals surface area contributed by atoms with Gasteiger partial charge in [0.05, 0.1) is 10.1 Å². The molecule has 1 saturated heterocycles. The minimum Gasteiger partial charge on any atom is -0.466 e. The number of ketones is 1. The molecule has 0 unspecified atom stereocenters. The standard InChI is InChI=1S/C14H19NO2S.C14H21NO.C13H19NO.C11H17NO2S.C10H12O.C9H11Cl.C9H11F2N.C9H13NO2S.C9H21N.C7H10O.CH4/c1-3-12-4-6-13(7-5-12)14(16)15-8-10-18(2,17)11-9-15;1-4-11-15(6-3)14(16)13-9-7-12(5-2)8-10-13;1-4-11-5-7-12(8-6-11)13(15)14-9-10(2)3;1-4-10-5-7-11(8-6-10)12-15(13,14)9(2)3;1-3-9-4-6-10(7-5-9)8(2)11;1-2-3-8-4-6-9(10)7-5-8;1-3-7-4-5-8(12-6-7)9(2,10)11;1-3-8-4-6-9(7-5-8)13(11,12)10-2;1-6-7-10(8(2)3)9(4)5;1-3-7-5-4-6(2)8-7;/h4-7H,2-3,8-11H2,1H3;7-10H,4-6,11H2,1-3H3;5-8,10H,4,9H2,1-3H3,(H,14,15);5-9,12H,4H2,1-3H3;4-7H,3H2,1-2H3;4-7H,2-3H2,1H3;4-6H,3H2,1-2H3;4-7,10H,3H2,1-2H3;8-9H,6-7H2,1-5H3;4-5H,3H2,1-2H3;1H4. The highest BCUT2D eigenvalue weighted by atomic mass is 35.5. The zero-order valence-corrected chi connectivity index (χ0v) is 84.6. The molecular weight excluding hydrogens is 1700 g/mol. The number of carbonyl (C=O) groups is 4. The number of nitrogens with zero attached hydrogens (tertiary/aromatic N) is 4. The van der Waals surface area contributed by atoms with Gasteiger partial charge >= 0.3 is 0 Å². The lowest BCUT2D eigenvalue weighted by Crippen LogP contribution is -2.43. The number of halogens is 3. The number of aromatic nitrogens is 1. The number of pyridine rings is 1. The van der Waals surface area contributed by atoms with Crippen LogP contribution in [0.25, 0.3) is 0 Å². The van der Waals surface area contributed by atoms with Gasteiger partial charge < -0.3 is 19.5 Å². The van der Waals surface area contributed by atoms with Crippen LogP contribution in [0.4, 0.5) is 14.5 Å². The fourth-order valence-electron chi connectivity index (χ4n) is 12.0. The highest BCUT2D eigenvalue weighted by molar-refractivity contribution is 8.00. The van der Waals surface area contributed by atoms with E-state index in [4.69, 9.17) is 16.0 Å². The van der Waals surface area contributed by atoms with Crippen molar-refractivity contribution in [2.45, 2.75) is 272 Å². The molecular formula is C106H158ClF2N7O10S3. The lowest BCUT2D eigenvalue weighted by Gasteiger charge is -2.29. The molecule has 0 spiro atoms. The van der Waals surface area contributed by atoms with Gasteiger partial charge in [-0.05, 0) is 297 Å². The third kappa shape index (κ3) is 49.1. The van der Waals surface area contributed by atoms with E-state index < -0.39 is 40.7 Å². The Bertz CT molecular complexity index is 4890. The number of sulfonamides is 2. The summed E-state index contributed by atoms with van der Waals surface area (Å²) in [6, 6.07) is 61.9. The van der Waals surface area contributed by atoms with Crippen LogP contribution in [0.5, 0.6) is 0 Å². The van der Waals surface area contributed by atoms with E-state index in [0.29, 0.717) is 58.7 Å². The van der Waals surface area contributed by atoms with Crippen molar-refractivity contribution < 1.29 is 53.4 Å². The maximum absolute atomic E-state index is 12.6. The van der Waals surface area contributed by atoms with E-state index >= 15 is 0 Å². The smallest absolute Gasteiger partial charge is 0.286 e. The second-order valence-corrected chi connectivity index (χ2v) is 39.6. The van der Waals surface area contributed by atoms with Gasteiger partial charge in [-0.2, -0.15) is 8.78 Å². The second-order valence-electron chi connectivity index (χ2n) is 32.3. The van der Waals surface area contributed by atoms with Crippen LogP contribution in [0.1, 0.15) is 282 Å². The third-order valence-electron chi connectivity index (χ3n) is 20.4. The molecule has 0 saturated carbocycles. The number of rotatable bonds is 29. The first-order chi connectivity index (χ1) is 60.4. The normalized spacial score (nSPS) is 11.8. The maximum Gasteiger partial charge on any atom is 0.286 e. The molecule has 2 aromatic heterocycles. The number of nitrogens with one attached hydrogen (secondary N) is 3. The predicted octanol–water partition coefficient (Wildman–Crippen LogP) is 24.5. The number of benzene rings is 7. The van der Waals surface area contributed by atoms with Crippen LogP contribution in [0, 0.1) is 12.8 Å². The summed E-state index contributed by atoms with van der Waals surface area (Å²) in [5.41, 5.74) is 13.2. The van der Waals surface area contributed by atoms with E-state index in [1.54, 1.807) is 56.0 Å². The van der Waals surface area contributed by atoms with Gasteiger partial charge in [0.1, 0.15) is 17.2 Å². The van der Waals surface area contributed by atoms with Crippen LogP contribution in [0.2, 0.25) is 5.02 Å². The molecule has 716 valence electrons. The van der Waals surface area contributed by atoms with Crippen molar-refractivity contribution in [3.05, 3.63) is 289 Å². The molecule has 23 heteroatoms. The quantitative estimate of drug-likeness (QED) is 0.0294. The predicted molar refractivity (Wildman–Crippen MR) is 544 cm³/mol. The van der Waals surface area contributed by atoms with Gasteiger partial charge in [-0.25, -0.2) is 21.6 Å². The largest absolute Gasteiger partial charge is 0.466 e. The zero-order valence-electron chi connectivity index (χ0n) is 81.4.